The number of carbonyl (C=O) groups excluding carboxylic acids is 1. The van der Waals surface area contributed by atoms with Gasteiger partial charge in [0.25, 0.3) is 0 Å². The summed E-state index contributed by atoms with van der Waals surface area (Å²) >= 11 is 0. The van der Waals surface area contributed by atoms with Crippen molar-refractivity contribution in [3.05, 3.63) is 29.8 Å². The van der Waals surface area contributed by atoms with Gasteiger partial charge in [0.1, 0.15) is 0 Å². The Morgan fingerprint density at radius 1 is 1.45 bits per heavy atom. The van der Waals surface area contributed by atoms with E-state index in [-0.39, 0.29) is 16.9 Å². The molecular weight excluding hydrogens is 256 g/mol. The highest BCUT2D eigenvalue weighted by Gasteiger charge is 2.40. The molecular formula is C15H20N2O3. The highest BCUT2D eigenvalue weighted by molar-refractivity contribution is 5.97. The molecule has 2 rings (SSSR count). The van der Waals surface area contributed by atoms with Gasteiger partial charge in [0.15, 0.2) is 0 Å². The number of hydrogen-bond acceptors (Lipinski definition) is 3. The van der Waals surface area contributed by atoms with Gasteiger partial charge in [0.2, 0.25) is 5.91 Å². The van der Waals surface area contributed by atoms with Crippen LogP contribution in [0.1, 0.15) is 36.5 Å². The Labute approximate surface area is 118 Å². The van der Waals surface area contributed by atoms with Gasteiger partial charge in [0.05, 0.1) is 11.0 Å². The highest BCUT2D eigenvalue weighted by Crippen LogP contribution is 2.32. The minimum Gasteiger partial charge on any atom is -0.478 e. The lowest BCUT2D eigenvalue weighted by molar-refractivity contribution is -0.125. The lowest BCUT2D eigenvalue weighted by Gasteiger charge is -2.26. The number of hydrogen-bond donors (Lipinski definition) is 3. The highest BCUT2D eigenvalue weighted by atomic mass is 16.4. The van der Waals surface area contributed by atoms with Crippen molar-refractivity contribution in [1.82, 2.24) is 5.32 Å². The molecule has 1 amide bonds. The summed E-state index contributed by atoms with van der Waals surface area (Å²) < 4.78 is 0. The monoisotopic (exact) mass is 276 g/mol. The number of carboxylic acids is 1. The summed E-state index contributed by atoms with van der Waals surface area (Å²) in [4.78, 5) is 23.4. The van der Waals surface area contributed by atoms with Crippen LogP contribution in [0.3, 0.4) is 0 Å². The summed E-state index contributed by atoms with van der Waals surface area (Å²) in [6.45, 7) is 3.60. The quantitative estimate of drug-likeness (QED) is 0.769. The molecule has 1 aromatic rings. The van der Waals surface area contributed by atoms with Crippen molar-refractivity contribution in [3.63, 3.8) is 0 Å². The van der Waals surface area contributed by atoms with Crippen LogP contribution in [0, 0.1) is 5.41 Å². The molecule has 0 saturated carbocycles. The van der Waals surface area contributed by atoms with E-state index in [1.54, 1.807) is 12.1 Å². The zero-order chi connectivity index (χ0) is 14.6. The molecule has 1 aliphatic heterocycles. The zero-order valence-electron chi connectivity index (χ0n) is 11.6. The van der Waals surface area contributed by atoms with Gasteiger partial charge in [-0.2, -0.15) is 0 Å². The van der Waals surface area contributed by atoms with E-state index < -0.39 is 5.97 Å². The zero-order valence-corrected chi connectivity index (χ0v) is 11.6. The molecule has 1 saturated heterocycles. The van der Waals surface area contributed by atoms with Crippen molar-refractivity contribution in [2.24, 2.45) is 5.41 Å². The van der Waals surface area contributed by atoms with Crippen LogP contribution in [0.4, 0.5) is 5.69 Å². The Bertz CT molecular complexity index is 508. The lowest BCUT2D eigenvalue weighted by Crippen LogP contribution is -2.38. The third kappa shape index (κ3) is 2.99. The minimum atomic E-state index is -0.994. The third-order valence-electron chi connectivity index (χ3n) is 3.82. The van der Waals surface area contributed by atoms with Gasteiger partial charge in [0, 0.05) is 12.2 Å². The van der Waals surface area contributed by atoms with E-state index in [1.807, 2.05) is 0 Å². The molecule has 1 aliphatic rings. The average molecular weight is 276 g/mol. The molecule has 0 bridgehead atoms. The van der Waals surface area contributed by atoms with Crippen LogP contribution in [0.15, 0.2) is 24.3 Å². The molecule has 3 N–H and O–H groups in total. The second-order valence-electron chi connectivity index (χ2n) is 5.30. The Hall–Kier alpha value is -1.88. The van der Waals surface area contributed by atoms with Crippen LogP contribution < -0.4 is 10.6 Å². The number of rotatable bonds is 5. The second kappa shape index (κ2) is 6.05. The topological polar surface area (TPSA) is 78.4 Å². The van der Waals surface area contributed by atoms with E-state index in [9.17, 15) is 9.59 Å². The maximum Gasteiger partial charge on any atom is 0.335 e. The number of nitrogens with one attached hydrogen (secondary N) is 2. The van der Waals surface area contributed by atoms with Crippen molar-refractivity contribution in [2.45, 2.75) is 26.2 Å². The van der Waals surface area contributed by atoms with E-state index in [1.165, 1.54) is 12.1 Å². The second-order valence-corrected chi connectivity index (χ2v) is 5.30. The van der Waals surface area contributed by atoms with Gasteiger partial charge in [-0.3, -0.25) is 4.79 Å². The number of amides is 1. The van der Waals surface area contributed by atoms with Crippen LogP contribution in [0.25, 0.3) is 0 Å². The smallest absolute Gasteiger partial charge is 0.335 e. The van der Waals surface area contributed by atoms with E-state index in [0.717, 1.165) is 25.8 Å². The summed E-state index contributed by atoms with van der Waals surface area (Å²) in [5.41, 5.74) is 0.350. The summed E-state index contributed by atoms with van der Waals surface area (Å²) in [7, 11) is 0. The van der Waals surface area contributed by atoms with Gasteiger partial charge in [-0.15, -0.1) is 0 Å². The normalized spacial score (nSPS) is 21.6. The van der Waals surface area contributed by atoms with E-state index >= 15 is 0 Å². The average Bonchev–Trinajstić information content (AvgIpc) is 2.89. The van der Waals surface area contributed by atoms with Gasteiger partial charge in [-0.25, -0.2) is 4.79 Å². The first-order chi connectivity index (χ1) is 9.57. The molecule has 1 atom stereocenters. The summed E-state index contributed by atoms with van der Waals surface area (Å²) in [5.74, 6) is -1.02. The predicted octanol–water partition coefficient (Wildman–Crippen LogP) is 2.10. The molecule has 20 heavy (non-hydrogen) atoms. The number of carbonyl (C=O) groups is 2. The number of benzene rings is 1. The standard InChI is InChI=1S/C15H20N2O3/c1-2-6-15(7-8-16-10-15)14(20)17-12-5-3-4-11(9-12)13(18)19/h3-5,9,16H,2,6-8,10H2,1H3,(H,17,20)(H,18,19). The predicted molar refractivity (Wildman–Crippen MR) is 76.9 cm³/mol. The summed E-state index contributed by atoms with van der Waals surface area (Å²) in [6, 6.07) is 6.35. The lowest BCUT2D eigenvalue weighted by atomic mass is 9.81. The van der Waals surface area contributed by atoms with Crippen LogP contribution in [-0.4, -0.2) is 30.1 Å². The van der Waals surface area contributed by atoms with E-state index in [2.05, 4.69) is 17.6 Å². The number of anilines is 1. The van der Waals surface area contributed by atoms with Crippen LogP contribution in [-0.2, 0) is 4.79 Å². The molecule has 0 aromatic heterocycles. The van der Waals surface area contributed by atoms with Crippen molar-refractivity contribution < 1.29 is 14.7 Å². The van der Waals surface area contributed by atoms with Gasteiger partial charge in [-0.1, -0.05) is 19.4 Å². The fourth-order valence-corrected chi connectivity index (χ4v) is 2.74. The largest absolute Gasteiger partial charge is 0.478 e. The molecule has 1 heterocycles. The molecule has 5 heteroatoms. The maximum atomic E-state index is 12.5. The van der Waals surface area contributed by atoms with Gasteiger partial charge < -0.3 is 15.7 Å². The van der Waals surface area contributed by atoms with Gasteiger partial charge >= 0.3 is 5.97 Å². The van der Waals surface area contributed by atoms with E-state index in [0.29, 0.717) is 12.2 Å². The summed E-state index contributed by atoms with van der Waals surface area (Å²) in [5, 5.41) is 15.1. The summed E-state index contributed by atoms with van der Waals surface area (Å²) in [6.07, 6.45) is 2.61. The fraction of sp³-hybridized carbons (Fsp3) is 0.467. The first-order valence-electron chi connectivity index (χ1n) is 6.93. The first-order valence-corrected chi connectivity index (χ1v) is 6.93. The Morgan fingerprint density at radius 2 is 2.25 bits per heavy atom. The van der Waals surface area contributed by atoms with Crippen molar-refractivity contribution in [1.29, 1.82) is 0 Å². The fourth-order valence-electron chi connectivity index (χ4n) is 2.74. The molecule has 0 aliphatic carbocycles. The van der Waals surface area contributed by atoms with E-state index in [4.69, 9.17) is 5.11 Å². The minimum absolute atomic E-state index is 0.0214. The molecule has 1 unspecified atom stereocenters. The number of aromatic carboxylic acids is 1. The molecule has 5 nitrogen and oxygen atoms in total. The molecule has 108 valence electrons. The Balaban J connectivity index is 2.14. The van der Waals surface area contributed by atoms with Crippen LogP contribution in [0.2, 0.25) is 0 Å². The molecule has 0 radical (unpaired) electrons. The van der Waals surface area contributed by atoms with Crippen LogP contribution >= 0.6 is 0 Å². The Kier molecular flexibility index (Phi) is 4.39. The molecule has 1 fully saturated rings. The van der Waals surface area contributed by atoms with Crippen molar-refractivity contribution in [3.8, 4) is 0 Å². The molecule has 0 spiro atoms. The Morgan fingerprint density at radius 3 is 2.85 bits per heavy atom. The number of carboxylic acid groups (broad SMARTS) is 1. The SMILES string of the molecule is CCCC1(C(=O)Nc2cccc(C(=O)O)c2)CCNC1. The van der Waals surface area contributed by atoms with Crippen molar-refractivity contribution >= 4 is 17.6 Å². The molecule has 1 aromatic carbocycles. The maximum absolute atomic E-state index is 12.5. The van der Waals surface area contributed by atoms with Crippen molar-refractivity contribution in [2.75, 3.05) is 18.4 Å². The third-order valence-corrected chi connectivity index (χ3v) is 3.82. The van der Waals surface area contributed by atoms with Crippen LogP contribution in [0.5, 0.6) is 0 Å². The first kappa shape index (κ1) is 14.5. The van der Waals surface area contributed by atoms with Gasteiger partial charge in [-0.05, 0) is 37.6 Å².